The number of thiophene rings is 1. The van der Waals surface area contributed by atoms with E-state index in [1.54, 1.807) is 6.07 Å². The molecule has 4 N–H and O–H groups in total. The third-order valence-corrected chi connectivity index (χ3v) is 2.22. The first kappa shape index (κ1) is 7.65. The van der Waals surface area contributed by atoms with Crippen LogP contribution >= 0.6 is 11.3 Å². The first-order valence-electron chi connectivity index (χ1n) is 2.95. The second-order valence-electron chi connectivity index (χ2n) is 1.98. The van der Waals surface area contributed by atoms with Crippen LogP contribution in [0.15, 0.2) is 12.1 Å². The van der Waals surface area contributed by atoms with E-state index in [2.05, 4.69) is 0 Å². The van der Waals surface area contributed by atoms with Gasteiger partial charge in [0.05, 0.1) is 6.04 Å². The van der Waals surface area contributed by atoms with E-state index in [9.17, 15) is 4.39 Å². The fraction of sp³-hybridized carbons (Fsp3) is 0.333. The minimum atomic E-state index is -0.213. The molecular weight excluding hydrogens is 151 g/mol. The van der Waals surface area contributed by atoms with Gasteiger partial charge in [-0.25, -0.2) is 0 Å². The zero-order valence-electron chi connectivity index (χ0n) is 5.38. The van der Waals surface area contributed by atoms with Crippen LogP contribution in [-0.2, 0) is 0 Å². The molecule has 1 aromatic heterocycles. The summed E-state index contributed by atoms with van der Waals surface area (Å²) in [6.45, 7) is 0.361. The van der Waals surface area contributed by atoms with Crippen LogP contribution in [-0.4, -0.2) is 6.54 Å². The van der Waals surface area contributed by atoms with Crippen molar-refractivity contribution >= 4 is 11.3 Å². The Hall–Kier alpha value is -0.450. The predicted molar refractivity (Wildman–Crippen MR) is 40.3 cm³/mol. The number of hydrogen-bond donors (Lipinski definition) is 2. The van der Waals surface area contributed by atoms with Gasteiger partial charge in [-0.1, -0.05) is 0 Å². The topological polar surface area (TPSA) is 52.0 Å². The van der Waals surface area contributed by atoms with Crippen LogP contribution in [0.25, 0.3) is 0 Å². The van der Waals surface area contributed by atoms with Gasteiger partial charge < -0.3 is 11.5 Å². The Balaban J connectivity index is 2.74. The van der Waals surface area contributed by atoms with Crippen LogP contribution in [0, 0.1) is 5.13 Å². The Kier molecular flexibility index (Phi) is 2.37. The summed E-state index contributed by atoms with van der Waals surface area (Å²) < 4.78 is 12.3. The Labute approximate surface area is 62.6 Å². The van der Waals surface area contributed by atoms with Crippen LogP contribution in [0.4, 0.5) is 4.39 Å². The third-order valence-electron chi connectivity index (χ3n) is 1.21. The van der Waals surface area contributed by atoms with Crippen molar-refractivity contribution in [2.45, 2.75) is 6.04 Å². The van der Waals surface area contributed by atoms with Crippen molar-refractivity contribution < 1.29 is 4.39 Å². The Bertz CT molecular complexity index is 211. The zero-order chi connectivity index (χ0) is 7.56. The summed E-state index contributed by atoms with van der Waals surface area (Å²) in [5.41, 5.74) is 10.8. The molecule has 0 aliphatic rings. The Morgan fingerprint density at radius 1 is 1.60 bits per heavy atom. The second-order valence-corrected chi connectivity index (χ2v) is 3.05. The summed E-state index contributed by atoms with van der Waals surface area (Å²) in [6, 6.07) is 2.85. The van der Waals surface area contributed by atoms with Crippen molar-refractivity contribution in [2.75, 3.05) is 6.54 Å². The van der Waals surface area contributed by atoms with Gasteiger partial charge in [0.15, 0.2) is 5.13 Å². The second kappa shape index (κ2) is 3.09. The molecule has 0 aliphatic heterocycles. The maximum atomic E-state index is 12.3. The molecule has 0 bridgehead atoms. The summed E-state index contributed by atoms with van der Waals surface area (Å²) in [4.78, 5) is 0.806. The quantitative estimate of drug-likeness (QED) is 0.673. The van der Waals surface area contributed by atoms with Gasteiger partial charge in [0.2, 0.25) is 0 Å². The normalized spacial score (nSPS) is 13.5. The van der Waals surface area contributed by atoms with E-state index in [-0.39, 0.29) is 11.2 Å². The molecule has 1 unspecified atom stereocenters. The average Bonchev–Trinajstić information content (AvgIpc) is 2.34. The van der Waals surface area contributed by atoms with Crippen LogP contribution in [0.5, 0.6) is 0 Å². The van der Waals surface area contributed by atoms with Gasteiger partial charge in [-0.2, -0.15) is 4.39 Å². The highest BCUT2D eigenvalue weighted by atomic mass is 32.1. The van der Waals surface area contributed by atoms with E-state index in [0.717, 1.165) is 16.2 Å². The van der Waals surface area contributed by atoms with Gasteiger partial charge in [0.1, 0.15) is 0 Å². The van der Waals surface area contributed by atoms with Crippen molar-refractivity contribution in [1.29, 1.82) is 0 Å². The SMILES string of the molecule is NCC(N)c1ccc(F)s1. The zero-order valence-corrected chi connectivity index (χ0v) is 6.20. The van der Waals surface area contributed by atoms with Crippen LogP contribution in [0.3, 0.4) is 0 Å². The van der Waals surface area contributed by atoms with Crippen molar-refractivity contribution in [3.8, 4) is 0 Å². The molecule has 1 aromatic rings. The molecule has 0 fully saturated rings. The molecule has 0 aromatic carbocycles. The van der Waals surface area contributed by atoms with Crippen LogP contribution < -0.4 is 11.5 Å². The molecule has 1 rings (SSSR count). The largest absolute Gasteiger partial charge is 0.329 e. The van der Waals surface area contributed by atoms with E-state index in [4.69, 9.17) is 11.5 Å². The number of hydrogen-bond acceptors (Lipinski definition) is 3. The summed E-state index contributed by atoms with van der Waals surface area (Å²) in [5.74, 6) is 0. The standard InChI is InChI=1S/C6H9FN2S/c7-6-2-1-5(10-6)4(9)3-8/h1-2,4H,3,8-9H2. The van der Waals surface area contributed by atoms with E-state index in [1.165, 1.54) is 6.07 Å². The summed E-state index contributed by atoms with van der Waals surface area (Å²) in [7, 11) is 0. The molecule has 56 valence electrons. The van der Waals surface area contributed by atoms with Gasteiger partial charge in [0.25, 0.3) is 0 Å². The molecule has 1 atom stereocenters. The number of halogens is 1. The molecule has 4 heteroatoms. The summed E-state index contributed by atoms with van der Waals surface area (Å²) in [6.07, 6.45) is 0. The molecule has 10 heavy (non-hydrogen) atoms. The maximum absolute atomic E-state index is 12.3. The van der Waals surface area contributed by atoms with Crippen molar-refractivity contribution in [3.05, 3.63) is 22.1 Å². The minimum absolute atomic E-state index is 0.209. The fourth-order valence-electron chi connectivity index (χ4n) is 0.644. The molecule has 0 saturated heterocycles. The molecule has 0 radical (unpaired) electrons. The van der Waals surface area contributed by atoms with Gasteiger partial charge in [-0.05, 0) is 12.1 Å². The maximum Gasteiger partial charge on any atom is 0.176 e. The molecule has 0 amide bonds. The third kappa shape index (κ3) is 1.53. The van der Waals surface area contributed by atoms with Crippen molar-refractivity contribution in [2.24, 2.45) is 11.5 Å². The van der Waals surface area contributed by atoms with Gasteiger partial charge in [-0.15, -0.1) is 11.3 Å². The summed E-state index contributed by atoms with van der Waals surface area (Å²) >= 11 is 1.05. The molecule has 1 heterocycles. The van der Waals surface area contributed by atoms with Gasteiger partial charge in [0, 0.05) is 11.4 Å². The average molecular weight is 160 g/mol. The highest BCUT2D eigenvalue weighted by molar-refractivity contribution is 7.10. The van der Waals surface area contributed by atoms with E-state index < -0.39 is 0 Å². The van der Waals surface area contributed by atoms with Crippen LogP contribution in [0.2, 0.25) is 0 Å². The number of rotatable bonds is 2. The summed E-state index contributed by atoms with van der Waals surface area (Å²) in [5, 5.41) is -0.209. The molecular formula is C6H9FN2S. The minimum Gasteiger partial charge on any atom is -0.329 e. The van der Waals surface area contributed by atoms with Gasteiger partial charge >= 0.3 is 0 Å². The molecule has 2 nitrogen and oxygen atoms in total. The molecule has 0 saturated carbocycles. The Morgan fingerprint density at radius 3 is 2.70 bits per heavy atom. The van der Waals surface area contributed by atoms with Crippen LogP contribution in [0.1, 0.15) is 10.9 Å². The van der Waals surface area contributed by atoms with Gasteiger partial charge in [-0.3, -0.25) is 0 Å². The van der Waals surface area contributed by atoms with E-state index in [0.29, 0.717) is 6.54 Å². The fourth-order valence-corrected chi connectivity index (χ4v) is 1.39. The Morgan fingerprint density at radius 2 is 2.30 bits per heavy atom. The predicted octanol–water partition coefficient (Wildman–Crippen LogP) is 0.846. The van der Waals surface area contributed by atoms with Crippen molar-refractivity contribution in [3.63, 3.8) is 0 Å². The lowest BCUT2D eigenvalue weighted by Crippen LogP contribution is -2.19. The first-order valence-corrected chi connectivity index (χ1v) is 3.76. The lowest BCUT2D eigenvalue weighted by Gasteiger charge is -2.02. The first-order chi connectivity index (χ1) is 4.74. The molecule has 0 aliphatic carbocycles. The van der Waals surface area contributed by atoms with Crippen molar-refractivity contribution in [1.82, 2.24) is 0 Å². The van der Waals surface area contributed by atoms with E-state index in [1.807, 2.05) is 0 Å². The highest BCUT2D eigenvalue weighted by Gasteiger charge is 2.05. The monoisotopic (exact) mass is 160 g/mol. The molecule has 0 spiro atoms. The lowest BCUT2D eigenvalue weighted by molar-refractivity contribution is 0.657. The lowest BCUT2D eigenvalue weighted by atomic mass is 10.3. The highest BCUT2D eigenvalue weighted by Crippen LogP contribution is 2.19. The smallest absolute Gasteiger partial charge is 0.176 e. The number of nitrogens with two attached hydrogens (primary N) is 2. The van der Waals surface area contributed by atoms with E-state index >= 15 is 0 Å².